The zero-order valence-electron chi connectivity index (χ0n) is 8.45. The van der Waals surface area contributed by atoms with Gasteiger partial charge in [0.15, 0.2) is 0 Å². The van der Waals surface area contributed by atoms with Crippen molar-refractivity contribution in [1.29, 1.82) is 0 Å². The topological polar surface area (TPSA) is 53.9 Å². The van der Waals surface area contributed by atoms with Crippen LogP contribution in [0, 0.1) is 0 Å². The minimum atomic E-state index is -0.140. The van der Waals surface area contributed by atoms with Crippen molar-refractivity contribution in [2.24, 2.45) is 0 Å². The van der Waals surface area contributed by atoms with Gasteiger partial charge in [0, 0.05) is 6.42 Å². The van der Waals surface area contributed by atoms with Gasteiger partial charge >= 0.3 is 5.97 Å². The first kappa shape index (κ1) is 10.7. The molecule has 0 fully saturated rings. The van der Waals surface area contributed by atoms with E-state index in [1.165, 1.54) is 12.7 Å². The molecule has 14 heavy (non-hydrogen) atoms. The van der Waals surface area contributed by atoms with Crippen LogP contribution in [0.2, 0.25) is 0 Å². The molecule has 0 atom stereocenters. The van der Waals surface area contributed by atoms with E-state index < -0.39 is 0 Å². The zero-order chi connectivity index (χ0) is 10.4. The van der Waals surface area contributed by atoms with Crippen molar-refractivity contribution >= 4 is 11.7 Å². The normalized spacial score (nSPS) is 9.86. The molecule has 0 saturated carbocycles. The fourth-order valence-corrected chi connectivity index (χ4v) is 1.24. The predicted molar refractivity (Wildman–Crippen MR) is 53.9 cm³/mol. The third-order valence-corrected chi connectivity index (χ3v) is 2.10. The summed E-state index contributed by atoms with van der Waals surface area (Å²) < 4.78 is 4.56. The highest BCUT2D eigenvalue weighted by atomic mass is 16.5. The highest BCUT2D eigenvalue weighted by molar-refractivity contribution is 5.69. The Morgan fingerprint density at radius 1 is 1.36 bits per heavy atom. The van der Waals surface area contributed by atoms with E-state index in [1.807, 2.05) is 24.3 Å². The number of hydrogen-bond acceptors (Lipinski definition) is 2. The van der Waals surface area contributed by atoms with Crippen molar-refractivity contribution < 1.29 is 15.3 Å². The molecular weight excluding hydrogens is 178 g/mol. The zero-order valence-corrected chi connectivity index (χ0v) is 8.45. The largest absolute Gasteiger partial charge is 0.469 e. The van der Waals surface area contributed by atoms with Gasteiger partial charge in [0.05, 0.1) is 7.11 Å². The number of esters is 1. The number of carbonyl (C=O) groups is 1. The molecule has 0 aliphatic rings. The van der Waals surface area contributed by atoms with Crippen molar-refractivity contribution in [3.05, 3.63) is 29.8 Å². The third kappa shape index (κ3) is 3.58. The minimum Gasteiger partial charge on any atom is -0.469 e. The van der Waals surface area contributed by atoms with Gasteiger partial charge in [-0.25, -0.2) is 0 Å². The van der Waals surface area contributed by atoms with E-state index in [9.17, 15) is 4.79 Å². The van der Waals surface area contributed by atoms with Gasteiger partial charge in [0.1, 0.15) is 5.69 Å². The van der Waals surface area contributed by atoms with Crippen LogP contribution >= 0.6 is 0 Å². The molecule has 0 bridgehead atoms. The van der Waals surface area contributed by atoms with Crippen molar-refractivity contribution in [3.63, 3.8) is 0 Å². The molecule has 3 nitrogen and oxygen atoms in total. The lowest BCUT2D eigenvalue weighted by Gasteiger charge is -2.00. The van der Waals surface area contributed by atoms with Crippen molar-refractivity contribution in [3.8, 4) is 0 Å². The fourth-order valence-electron chi connectivity index (χ4n) is 1.24. The van der Waals surface area contributed by atoms with Crippen LogP contribution in [-0.4, -0.2) is 13.1 Å². The standard InChI is InChI=1S/C11H15NO2/c1-14-11(13)4-2-3-9-5-7-10(12)8-6-9/h5-8H,2-4,12H2,1H3/p+1. The Hall–Kier alpha value is -1.35. The summed E-state index contributed by atoms with van der Waals surface area (Å²) in [6, 6.07) is 8.04. The number of quaternary nitrogens is 1. The van der Waals surface area contributed by atoms with Crippen molar-refractivity contribution in [1.82, 2.24) is 0 Å². The molecule has 1 aromatic rings. The maximum atomic E-state index is 10.8. The molecule has 0 heterocycles. The average molecular weight is 194 g/mol. The molecule has 0 spiro atoms. The monoisotopic (exact) mass is 194 g/mol. The summed E-state index contributed by atoms with van der Waals surface area (Å²) in [5.41, 5.74) is 6.06. The van der Waals surface area contributed by atoms with Crippen LogP contribution in [0.15, 0.2) is 24.3 Å². The Kier molecular flexibility index (Phi) is 4.13. The van der Waals surface area contributed by atoms with Crippen LogP contribution in [0.4, 0.5) is 5.69 Å². The molecule has 0 aliphatic carbocycles. The lowest BCUT2D eigenvalue weighted by atomic mass is 10.1. The number of ether oxygens (including phenoxy) is 1. The first-order valence-corrected chi connectivity index (χ1v) is 4.70. The molecular formula is C11H16NO2+. The molecule has 0 amide bonds. The van der Waals surface area contributed by atoms with Gasteiger partial charge in [-0.3, -0.25) is 4.79 Å². The first-order chi connectivity index (χ1) is 6.72. The maximum absolute atomic E-state index is 10.8. The molecule has 1 aromatic carbocycles. The molecule has 1 rings (SSSR count). The SMILES string of the molecule is COC(=O)CCCc1ccc([NH3+])cc1. The van der Waals surface area contributed by atoms with Gasteiger partial charge in [0.2, 0.25) is 0 Å². The van der Waals surface area contributed by atoms with Gasteiger partial charge in [-0.2, -0.15) is 0 Å². The van der Waals surface area contributed by atoms with E-state index in [0.29, 0.717) is 6.42 Å². The Labute approximate surface area is 83.9 Å². The second-order valence-corrected chi connectivity index (χ2v) is 3.25. The van der Waals surface area contributed by atoms with Gasteiger partial charge in [-0.15, -0.1) is 0 Å². The molecule has 0 radical (unpaired) electrons. The second-order valence-electron chi connectivity index (χ2n) is 3.25. The van der Waals surface area contributed by atoms with Gasteiger partial charge in [-0.05, 0) is 30.5 Å². The second kappa shape index (κ2) is 5.40. The lowest BCUT2D eigenvalue weighted by Crippen LogP contribution is -2.39. The number of methoxy groups -OCH3 is 1. The Bertz CT molecular complexity index is 293. The van der Waals surface area contributed by atoms with Gasteiger partial charge in [-0.1, -0.05) is 12.1 Å². The summed E-state index contributed by atoms with van der Waals surface area (Å²) in [5, 5.41) is 0. The smallest absolute Gasteiger partial charge is 0.305 e. The van der Waals surface area contributed by atoms with Crippen LogP contribution in [-0.2, 0) is 16.0 Å². The van der Waals surface area contributed by atoms with E-state index >= 15 is 0 Å². The van der Waals surface area contributed by atoms with Crippen LogP contribution in [0.5, 0.6) is 0 Å². The predicted octanol–water partition coefficient (Wildman–Crippen LogP) is 1.06. The average Bonchev–Trinajstić information content (AvgIpc) is 2.21. The Morgan fingerprint density at radius 2 is 2.00 bits per heavy atom. The summed E-state index contributed by atoms with van der Waals surface area (Å²) in [4.78, 5) is 10.8. The van der Waals surface area contributed by atoms with E-state index in [4.69, 9.17) is 0 Å². The van der Waals surface area contributed by atoms with Gasteiger partial charge in [0.25, 0.3) is 0 Å². The lowest BCUT2D eigenvalue weighted by molar-refractivity contribution is -0.254. The number of benzene rings is 1. The van der Waals surface area contributed by atoms with Crippen molar-refractivity contribution in [2.75, 3.05) is 7.11 Å². The van der Waals surface area contributed by atoms with Crippen LogP contribution in [0.25, 0.3) is 0 Å². The van der Waals surface area contributed by atoms with E-state index in [2.05, 4.69) is 10.5 Å². The highest BCUT2D eigenvalue weighted by Crippen LogP contribution is 2.07. The van der Waals surface area contributed by atoms with Crippen LogP contribution < -0.4 is 5.73 Å². The Balaban J connectivity index is 2.31. The molecule has 0 unspecified atom stereocenters. The summed E-state index contributed by atoms with van der Waals surface area (Å²) in [5.74, 6) is -0.140. The van der Waals surface area contributed by atoms with Crippen LogP contribution in [0.1, 0.15) is 18.4 Å². The van der Waals surface area contributed by atoms with Crippen LogP contribution in [0.3, 0.4) is 0 Å². The summed E-state index contributed by atoms with van der Waals surface area (Å²) >= 11 is 0. The van der Waals surface area contributed by atoms with E-state index in [1.54, 1.807) is 0 Å². The molecule has 76 valence electrons. The van der Waals surface area contributed by atoms with E-state index in [0.717, 1.165) is 18.5 Å². The number of carbonyl (C=O) groups excluding carboxylic acids is 1. The van der Waals surface area contributed by atoms with E-state index in [-0.39, 0.29) is 5.97 Å². The van der Waals surface area contributed by atoms with Gasteiger partial charge < -0.3 is 10.5 Å². The molecule has 3 heteroatoms. The highest BCUT2D eigenvalue weighted by Gasteiger charge is 2.00. The fraction of sp³-hybridized carbons (Fsp3) is 0.364. The maximum Gasteiger partial charge on any atom is 0.305 e. The number of hydrogen-bond donors (Lipinski definition) is 1. The molecule has 0 aliphatic heterocycles. The van der Waals surface area contributed by atoms with Crippen molar-refractivity contribution in [2.45, 2.75) is 19.3 Å². The number of aryl methyl sites for hydroxylation is 1. The Morgan fingerprint density at radius 3 is 2.57 bits per heavy atom. The molecule has 0 aromatic heterocycles. The first-order valence-electron chi connectivity index (χ1n) is 4.70. The number of rotatable bonds is 4. The molecule has 0 saturated heterocycles. The minimum absolute atomic E-state index is 0.140. The third-order valence-electron chi connectivity index (χ3n) is 2.10. The summed E-state index contributed by atoms with van der Waals surface area (Å²) in [7, 11) is 1.42. The summed E-state index contributed by atoms with van der Waals surface area (Å²) in [6.45, 7) is 0. The summed E-state index contributed by atoms with van der Waals surface area (Å²) in [6.07, 6.45) is 2.24. The quantitative estimate of drug-likeness (QED) is 0.728. The molecule has 3 N–H and O–H groups in total.